The summed E-state index contributed by atoms with van der Waals surface area (Å²) in [5, 5.41) is 1.07. The Balaban J connectivity index is 0.000000489. The van der Waals surface area contributed by atoms with Crippen molar-refractivity contribution in [1.82, 2.24) is 0 Å². The summed E-state index contributed by atoms with van der Waals surface area (Å²) < 4.78 is 83.9. The van der Waals surface area contributed by atoms with Gasteiger partial charge in [0.25, 0.3) is 0 Å². The van der Waals surface area contributed by atoms with E-state index in [0.29, 0.717) is 32.3 Å². The highest BCUT2D eigenvalue weighted by Crippen LogP contribution is 2.39. The summed E-state index contributed by atoms with van der Waals surface area (Å²) in [4.78, 5) is 0. The van der Waals surface area contributed by atoms with Gasteiger partial charge in [0.05, 0.1) is 32.1 Å². The largest absolute Gasteiger partial charge is 0.673 e. The van der Waals surface area contributed by atoms with Crippen LogP contribution in [0.2, 0.25) is 0 Å². The maximum absolute atomic E-state index is 9.75. The molecule has 0 aliphatic heterocycles. The molecule has 0 N–H and O–H groups in total. The standard InChI is InChI=1S/C21H28OS2.2BF4/c1-22-21-17-7-6-8-18(21)20(24(4)5)13-15-9-11-16(12-10-15)19(14-17)23(2)3;2*2-1(3,4)5/h6-12,19-20H,13-14H2,1-5H3;;/q+2;2*-1. The molecule has 2 unspecified atom stereocenters. The fourth-order valence-corrected chi connectivity index (χ4v) is 6.07. The highest BCUT2D eigenvalue weighted by molar-refractivity contribution is 7.96. The van der Waals surface area contributed by atoms with Crippen molar-refractivity contribution in [2.24, 2.45) is 0 Å². The third-order valence-electron chi connectivity index (χ3n) is 4.99. The summed E-state index contributed by atoms with van der Waals surface area (Å²) in [5.74, 6) is 1.13. The molecule has 4 rings (SSSR count). The van der Waals surface area contributed by atoms with Crippen LogP contribution in [0.15, 0.2) is 42.5 Å². The fourth-order valence-electron chi connectivity index (χ4n) is 3.64. The van der Waals surface area contributed by atoms with E-state index in [-0.39, 0.29) is 0 Å². The van der Waals surface area contributed by atoms with E-state index < -0.39 is 14.5 Å². The van der Waals surface area contributed by atoms with Crippen LogP contribution in [-0.4, -0.2) is 46.6 Å². The van der Waals surface area contributed by atoms with Crippen LogP contribution in [-0.2, 0) is 34.6 Å². The lowest BCUT2D eigenvalue weighted by Gasteiger charge is -2.20. The quantitative estimate of drug-likeness (QED) is 0.236. The molecule has 2 atom stereocenters. The first-order valence-corrected chi connectivity index (χ1v) is 14.3. The Kier molecular flexibility index (Phi) is 11.7. The first kappa shape index (κ1) is 30.5. The predicted molar refractivity (Wildman–Crippen MR) is 131 cm³/mol. The van der Waals surface area contributed by atoms with E-state index in [1.807, 2.05) is 7.11 Å². The topological polar surface area (TPSA) is 9.23 Å². The van der Waals surface area contributed by atoms with Crippen molar-refractivity contribution in [3.63, 3.8) is 0 Å². The van der Waals surface area contributed by atoms with Crippen molar-refractivity contribution in [2.45, 2.75) is 23.3 Å². The molecule has 4 bridgehead atoms. The van der Waals surface area contributed by atoms with Crippen molar-refractivity contribution >= 4 is 36.3 Å². The van der Waals surface area contributed by atoms with Gasteiger partial charge in [0.15, 0.2) is 0 Å². The van der Waals surface area contributed by atoms with Gasteiger partial charge < -0.3 is 39.3 Å². The molecular weight excluding hydrogens is 506 g/mol. The summed E-state index contributed by atoms with van der Waals surface area (Å²) in [6.07, 6.45) is 11.6. The minimum atomic E-state index is -6.00. The lowest BCUT2D eigenvalue weighted by atomic mass is 9.99. The molecule has 0 amide bonds. The average molecular weight is 534 g/mol. The van der Waals surface area contributed by atoms with Crippen LogP contribution in [0.25, 0.3) is 0 Å². The Morgan fingerprint density at radius 2 is 1.18 bits per heavy atom. The van der Waals surface area contributed by atoms with E-state index in [9.17, 15) is 34.5 Å². The predicted octanol–water partition coefficient (Wildman–Crippen LogP) is 6.93. The molecule has 0 saturated heterocycles. The molecule has 0 aromatic heterocycles. The van der Waals surface area contributed by atoms with Crippen molar-refractivity contribution in [3.05, 3.63) is 64.7 Å². The molecule has 1 nitrogen and oxygen atoms in total. The first-order chi connectivity index (χ1) is 15.5. The SMILES string of the molecule is COc1c2cccc1C([S+](C)C)Cc1ccc(cc1)C([S+](C)C)C2.F[B-](F)(F)F.F[B-](F)(F)F. The number of rotatable bonds is 3. The number of benzene rings is 2. The normalized spacial score (nSPS) is 17.9. The molecule has 2 aliphatic rings. The second-order valence-electron chi connectivity index (χ2n) is 7.92. The van der Waals surface area contributed by atoms with Gasteiger partial charge in [-0.1, -0.05) is 42.5 Å². The van der Waals surface area contributed by atoms with Gasteiger partial charge in [0.1, 0.15) is 16.2 Å². The number of hydrogen-bond acceptors (Lipinski definition) is 1. The number of para-hydroxylation sites is 1. The van der Waals surface area contributed by atoms with E-state index in [0.717, 1.165) is 18.6 Å². The van der Waals surface area contributed by atoms with Gasteiger partial charge in [-0.3, -0.25) is 0 Å². The Morgan fingerprint density at radius 3 is 1.59 bits per heavy atom. The molecule has 0 heterocycles. The molecule has 34 heavy (non-hydrogen) atoms. The van der Waals surface area contributed by atoms with Gasteiger partial charge >= 0.3 is 14.5 Å². The zero-order chi connectivity index (χ0) is 26.3. The van der Waals surface area contributed by atoms with Crippen LogP contribution in [0.5, 0.6) is 5.75 Å². The van der Waals surface area contributed by atoms with Crippen LogP contribution in [0.3, 0.4) is 0 Å². The summed E-state index contributed by atoms with van der Waals surface area (Å²) in [6.45, 7) is 0. The molecule has 0 spiro atoms. The van der Waals surface area contributed by atoms with Crippen LogP contribution in [0.4, 0.5) is 34.5 Å². The molecular formula is C21H28B2F8OS2. The lowest BCUT2D eigenvalue weighted by Crippen LogP contribution is -2.16. The van der Waals surface area contributed by atoms with E-state index >= 15 is 0 Å². The van der Waals surface area contributed by atoms with E-state index in [1.54, 1.807) is 0 Å². The second-order valence-corrected chi connectivity index (χ2v) is 12.6. The first-order valence-electron chi connectivity index (χ1n) is 10.1. The number of hydrogen-bond donors (Lipinski definition) is 0. The van der Waals surface area contributed by atoms with Crippen LogP contribution in [0, 0.1) is 0 Å². The van der Waals surface area contributed by atoms with Crippen molar-refractivity contribution in [2.75, 3.05) is 32.1 Å². The highest BCUT2D eigenvalue weighted by atomic mass is 32.2. The van der Waals surface area contributed by atoms with Gasteiger partial charge in [-0.25, -0.2) is 0 Å². The Hall–Kier alpha value is -1.49. The molecule has 0 fully saturated rings. The van der Waals surface area contributed by atoms with Crippen molar-refractivity contribution in [3.8, 4) is 5.75 Å². The van der Waals surface area contributed by atoms with Gasteiger partial charge in [0.2, 0.25) is 0 Å². The molecule has 0 saturated carbocycles. The number of methoxy groups -OCH3 is 1. The zero-order valence-electron chi connectivity index (χ0n) is 19.5. The minimum Gasteiger partial charge on any atom is -0.496 e. The van der Waals surface area contributed by atoms with Gasteiger partial charge in [0, 0.05) is 24.0 Å². The Labute approximate surface area is 201 Å². The van der Waals surface area contributed by atoms with E-state index in [2.05, 4.69) is 67.5 Å². The summed E-state index contributed by atoms with van der Waals surface area (Å²) in [5.41, 5.74) is 5.65. The third kappa shape index (κ3) is 11.3. The molecule has 2 aromatic rings. The molecule has 192 valence electrons. The van der Waals surface area contributed by atoms with Crippen LogP contribution >= 0.6 is 0 Å². The second kappa shape index (κ2) is 13.0. The summed E-state index contributed by atoms with van der Waals surface area (Å²) in [7, 11) is -9.55. The van der Waals surface area contributed by atoms with Gasteiger partial charge in [-0.05, 0) is 32.9 Å². The number of ether oxygens (including phenoxy) is 1. The molecule has 13 heteroatoms. The summed E-state index contributed by atoms with van der Waals surface area (Å²) in [6, 6.07) is 16.2. The number of fused-ring (bicyclic) bond motifs is 4. The van der Waals surface area contributed by atoms with Crippen LogP contribution < -0.4 is 4.74 Å². The Bertz CT molecular complexity index is 866. The van der Waals surface area contributed by atoms with E-state index in [4.69, 9.17) is 4.74 Å². The minimum absolute atomic E-state index is 0.294. The maximum atomic E-state index is 9.75. The summed E-state index contributed by atoms with van der Waals surface area (Å²) >= 11 is 0. The van der Waals surface area contributed by atoms with Gasteiger partial charge in [-0.2, -0.15) is 0 Å². The molecule has 2 aliphatic carbocycles. The zero-order valence-corrected chi connectivity index (χ0v) is 21.1. The molecule has 0 radical (unpaired) electrons. The smallest absolute Gasteiger partial charge is 0.496 e. The lowest BCUT2D eigenvalue weighted by molar-refractivity contribution is 0.366. The number of halogens is 8. The van der Waals surface area contributed by atoms with Crippen molar-refractivity contribution < 1.29 is 39.3 Å². The maximum Gasteiger partial charge on any atom is 0.673 e. The van der Waals surface area contributed by atoms with Crippen LogP contribution in [0.1, 0.15) is 32.8 Å². The van der Waals surface area contributed by atoms with E-state index in [1.165, 1.54) is 22.3 Å². The van der Waals surface area contributed by atoms with Gasteiger partial charge in [-0.15, -0.1) is 0 Å². The average Bonchev–Trinajstić information content (AvgIpc) is 2.69. The molecule has 2 aromatic carbocycles. The fraction of sp³-hybridized carbons (Fsp3) is 0.429. The van der Waals surface area contributed by atoms with Crippen molar-refractivity contribution in [1.29, 1.82) is 0 Å². The Morgan fingerprint density at radius 1 is 0.706 bits per heavy atom. The third-order valence-corrected chi connectivity index (χ3v) is 8.13. The monoisotopic (exact) mass is 534 g/mol. The highest BCUT2D eigenvalue weighted by Gasteiger charge is 2.32.